The van der Waals surface area contributed by atoms with Gasteiger partial charge in [0.25, 0.3) is 11.8 Å². The molecule has 0 bridgehead atoms. The van der Waals surface area contributed by atoms with Crippen molar-refractivity contribution in [1.29, 1.82) is 0 Å². The van der Waals surface area contributed by atoms with Gasteiger partial charge in [-0.1, -0.05) is 12.7 Å². The maximum Gasteiger partial charge on any atom is 0.416 e. The number of esters is 1. The van der Waals surface area contributed by atoms with Gasteiger partial charge in [0, 0.05) is 37.7 Å². The zero-order valence-corrected chi connectivity index (χ0v) is 28.6. The molecule has 4 amide bonds. The predicted molar refractivity (Wildman–Crippen MR) is 182 cm³/mol. The van der Waals surface area contributed by atoms with Crippen molar-refractivity contribution in [1.82, 2.24) is 14.5 Å². The van der Waals surface area contributed by atoms with E-state index in [4.69, 9.17) is 18.9 Å². The molecule has 0 spiro atoms. The normalized spacial score (nSPS) is 16.5. The molecule has 1 saturated heterocycles. The standard InChI is InChI=1S/C33H38N6O10S/c1-5-12-49-33(45)39-23-16-26(25(46-4)15-20(23)29(42)38-11-7-9-22(38)30(39)43)48-13-8-10-27(40)34-19-14-24(37(3)17-19)28(41)36-32-35-21(18-50-32)31(44)47-6-2/h5,14-18,22,30,43H,1,6-13H2,2-4H3,(H,34,40)(H,35,36,41)/t22-,30?/m0/s1. The second-order valence-electron chi connectivity index (χ2n) is 11.3. The van der Waals surface area contributed by atoms with E-state index in [2.05, 4.69) is 22.2 Å². The van der Waals surface area contributed by atoms with Crippen LogP contribution in [0.1, 0.15) is 63.9 Å². The number of carbonyl (C=O) groups excluding carboxylic acids is 5. The van der Waals surface area contributed by atoms with E-state index in [-0.39, 0.29) is 83.7 Å². The first-order chi connectivity index (χ1) is 24.1. The minimum Gasteiger partial charge on any atom is -0.493 e. The highest BCUT2D eigenvalue weighted by molar-refractivity contribution is 7.14. The van der Waals surface area contributed by atoms with Gasteiger partial charge in [-0.25, -0.2) is 19.5 Å². The van der Waals surface area contributed by atoms with Crippen LogP contribution in [0.4, 0.5) is 21.3 Å². The first-order valence-corrected chi connectivity index (χ1v) is 16.7. The van der Waals surface area contributed by atoms with Gasteiger partial charge in [-0.15, -0.1) is 11.3 Å². The number of fused-ring (bicyclic) bond motifs is 2. The fraction of sp³-hybridized carbons (Fsp3) is 0.394. The zero-order chi connectivity index (χ0) is 35.9. The lowest BCUT2D eigenvalue weighted by atomic mass is 10.1. The van der Waals surface area contributed by atoms with Crippen molar-refractivity contribution < 1.29 is 48.0 Å². The number of aryl methyl sites for hydroxylation is 1. The van der Waals surface area contributed by atoms with Crippen LogP contribution in [0.5, 0.6) is 11.5 Å². The molecule has 266 valence electrons. The molecule has 2 aromatic heterocycles. The highest BCUT2D eigenvalue weighted by Gasteiger charge is 2.45. The summed E-state index contributed by atoms with van der Waals surface area (Å²) in [7, 11) is 3.06. The van der Waals surface area contributed by atoms with E-state index in [1.54, 1.807) is 29.6 Å². The summed E-state index contributed by atoms with van der Waals surface area (Å²) >= 11 is 1.08. The third-order valence-electron chi connectivity index (χ3n) is 8.00. The average Bonchev–Trinajstić information content (AvgIpc) is 3.85. The molecule has 2 atom stereocenters. The lowest BCUT2D eigenvalue weighted by molar-refractivity contribution is -0.116. The van der Waals surface area contributed by atoms with Crippen LogP contribution in [0.2, 0.25) is 0 Å². The van der Waals surface area contributed by atoms with Gasteiger partial charge >= 0.3 is 12.1 Å². The Kier molecular flexibility index (Phi) is 11.4. The number of aromatic nitrogens is 2. The van der Waals surface area contributed by atoms with Crippen molar-refractivity contribution in [3.63, 3.8) is 0 Å². The third kappa shape index (κ3) is 7.73. The number of aliphatic hydroxyl groups excluding tert-OH is 1. The molecule has 0 radical (unpaired) electrons. The molecular formula is C33H38N6O10S. The topological polar surface area (TPSA) is 191 Å². The van der Waals surface area contributed by atoms with E-state index < -0.39 is 30.2 Å². The van der Waals surface area contributed by atoms with Gasteiger partial charge in [0.05, 0.1) is 43.3 Å². The Morgan fingerprint density at radius 3 is 2.70 bits per heavy atom. The average molecular weight is 711 g/mol. The number of nitrogens with one attached hydrogen (secondary N) is 2. The van der Waals surface area contributed by atoms with Crippen molar-refractivity contribution in [3.8, 4) is 11.5 Å². The maximum atomic E-state index is 13.5. The van der Waals surface area contributed by atoms with Crippen LogP contribution in [0.25, 0.3) is 0 Å². The monoisotopic (exact) mass is 710 g/mol. The highest BCUT2D eigenvalue weighted by Crippen LogP contribution is 2.41. The third-order valence-corrected chi connectivity index (χ3v) is 8.76. The van der Waals surface area contributed by atoms with Crippen molar-refractivity contribution >= 4 is 57.6 Å². The molecule has 0 saturated carbocycles. The minimum atomic E-state index is -1.36. The summed E-state index contributed by atoms with van der Waals surface area (Å²) in [5, 5.41) is 18.4. The van der Waals surface area contributed by atoms with Crippen LogP contribution < -0.4 is 25.0 Å². The van der Waals surface area contributed by atoms with Gasteiger partial charge in [0.2, 0.25) is 5.91 Å². The smallest absolute Gasteiger partial charge is 0.416 e. The molecule has 16 nitrogen and oxygen atoms in total. The van der Waals surface area contributed by atoms with Crippen LogP contribution in [0, 0.1) is 0 Å². The Hall–Kier alpha value is -5.42. The van der Waals surface area contributed by atoms with Crippen molar-refractivity contribution in [2.75, 3.05) is 49.0 Å². The van der Waals surface area contributed by atoms with Crippen LogP contribution in [0.15, 0.2) is 42.4 Å². The van der Waals surface area contributed by atoms with E-state index >= 15 is 0 Å². The summed E-state index contributed by atoms with van der Waals surface area (Å²) in [6.45, 7) is 5.85. The van der Waals surface area contributed by atoms with Crippen LogP contribution in [0.3, 0.4) is 0 Å². The lowest BCUT2D eigenvalue weighted by Gasteiger charge is -2.31. The number of ether oxygens (including phenoxy) is 4. The maximum absolute atomic E-state index is 13.5. The summed E-state index contributed by atoms with van der Waals surface area (Å²) < 4.78 is 23.2. The second kappa shape index (κ2) is 15.9. The number of methoxy groups -OCH3 is 1. The minimum absolute atomic E-state index is 0.0628. The van der Waals surface area contributed by atoms with Crippen LogP contribution in [-0.4, -0.2) is 95.1 Å². The Labute approximate surface area is 291 Å². The number of hydrogen-bond acceptors (Lipinski definition) is 12. The van der Waals surface area contributed by atoms with E-state index in [0.29, 0.717) is 25.1 Å². The number of carbonyl (C=O) groups is 5. The number of hydrogen-bond donors (Lipinski definition) is 3. The number of rotatable bonds is 13. The van der Waals surface area contributed by atoms with E-state index in [9.17, 15) is 29.1 Å². The van der Waals surface area contributed by atoms with Crippen LogP contribution >= 0.6 is 11.3 Å². The molecule has 17 heteroatoms. The zero-order valence-electron chi connectivity index (χ0n) is 27.8. The fourth-order valence-corrected chi connectivity index (χ4v) is 6.39. The van der Waals surface area contributed by atoms with Crippen molar-refractivity contribution in [3.05, 3.63) is 59.4 Å². The number of benzene rings is 1. The Bertz CT molecular complexity index is 1790. The molecule has 1 aromatic carbocycles. The van der Waals surface area contributed by atoms with E-state index in [1.165, 1.54) is 36.8 Å². The summed E-state index contributed by atoms with van der Waals surface area (Å²) in [6, 6.07) is 3.82. The second-order valence-corrected chi connectivity index (χ2v) is 12.2. The lowest BCUT2D eigenvalue weighted by Crippen LogP contribution is -2.50. The van der Waals surface area contributed by atoms with Gasteiger partial charge < -0.3 is 38.8 Å². The molecule has 4 heterocycles. The fourth-order valence-electron chi connectivity index (χ4n) is 5.71. The SMILES string of the molecule is C=CCOC(=O)N1c2cc(OCCCC(=O)Nc3cc(C(=O)Nc4nc(C(=O)OCC)cs4)n(C)c3)c(OC)cc2C(=O)N2CCC[C@H]2C1O. The number of thiazole rings is 1. The van der Waals surface area contributed by atoms with Crippen molar-refractivity contribution in [2.24, 2.45) is 7.05 Å². The molecule has 3 aromatic rings. The first kappa shape index (κ1) is 35.9. The van der Waals surface area contributed by atoms with E-state index in [0.717, 1.165) is 16.2 Å². The Morgan fingerprint density at radius 1 is 1.16 bits per heavy atom. The van der Waals surface area contributed by atoms with Crippen molar-refractivity contribution in [2.45, 2.75) is 44.9 Å². The largest absolute Gasteiger partial charge is 0.493 e. The number of nitrogens with zero attached hydrogens (tertiary/aromatic N) is 4. The molecule has 2 aliphatic rings. The highest BCUT2D eigenvalue weighted by atomic mass is 32.1. The van der Waals surface area contributed by atoms with Gasteiger partial charge in [-0.05, 0) is 38.3 Å². The summed E-state index contributed by atoms with van der Waals surface area (Å²) in [4.78, 5) is 70.8. The summed E-state index contributed by atoms with van der Waals surface area (Å²) in [5.74, 6) is -1.32. The molecular weight excluding hydrogens is 672 g/mol. The molecule has 2 aliphatic heterocycles. The molecule has 1 unspecified atom stereocenters. The van der Waals surface area contributed by atoms with Gasteiger partial charge in [0.1, 0.15) is 12.3 Å². The summed E-state index contributed by atoms with van der Waals surface area (Å²) in [6.07, 6.45) is 2.32. The van der Waals surface area contributed by atoms with E-state index in [1.807, 2.05) is 0 Å². The quantitative estimate of drug-likeness (QED) is 0.133. The molecule has 5 rings (SSSR count). The number of amides is 4. The molecule has 3 N–H and O–H groups in total. The molecule has 50 heavy (non-hydrogen) atoms. The number of aliphatic hydroxyl groups is 1. The van der Waals surface area contributed by atoms with Gasteiger partial charge in [-0.2, -0.15) is 0 Å². The summed E-state index contributed by atoms with van der Waals surface area (Å²) in [5.41, 5.74) is 0.999. The van der Waals surface area contributed by atoms with Gasteiger partial charge in [0.15, 0.2) is 28.6 Å². The van der Waals surface area contributed by atoms with Gasteiger partial charge in [-0.3, -0.25) is 19.7 Å². The molecule has 1 fully saturated rings. The van der Waals surface area contributed by atoms with Crippen LogP contribution in [-0.2, 0) is 21.3 Å². The Balaban J connectivity index is 1.21. The number of anilines is 3. The predicted octanol–water partition coefficient (Wildman–Crippen LogP) is 3.78. The Morgan fingerprint density at radius 2 is 1.96 bits per heavy atom. The molecule has 0 aliphatic carbocycles. The first-order valence-electron chi connectivity index (χ1n) is 15.9.